The van der Waals surface area contributed by atoms with Crippen molar-refractivity contribution in [2.45, 2.75) is 25.3 Å². The summed E-state index contributed by atoms with van der Waals surface area (Å²) in [4.78, 5) is 12.2. The predicted molar refractivity (Wildman–Crippen MR) is 74.6 cm³/mol. The number of likely N-dealkylation sites (N-methyl/N-ethyl adjacent to an activating group) is 1. The van der Waals surface area contributed by atoms with Crippen LogP contribution in [0.1, 0.15) is 30.0 Å². The maximum atomic E-state index is 10.8. The highest BCUT2D eigenvalue weighted by atomic mass is 127. The molecule has 21 heavy (non-hydrogen) atoms. The van der Waals surface area contributed by atoms with Crippen molar-refractivity contribution in [2.24, 2.45) is 0 Å². The van der Waals surface area contributed by atoms with E-state index in [0.29, 0.717) is 12.2 Å². The molecule has 0 aromatic heterocycles. The van der Waals surface area contributed by atoms with E-state index in [1.54, 1.807) is 14.2 Å². The van der Waals surface area contributed by atoms with Crippen LogP contribution in [0.2, 0.25) is 0 Å². The molecule has 118 valence electrons. The standard InChI is InChI=1S/C15H21NO4.HI/c1-16-7-6-10-8-13(19-2)14(20-3)9-11(10)12(16)4-5-15(17)18;/h8-9,12H,4-7H2,1-3H3,(H,17,18);1H. The number of carboxylic acids is 1. The Labute approximate surface area is 142 Å². The Morgan fingerprint density at radius 3 is 2.52 bits per heavy atom. The van der Waals surface area contributed by atoms with Crippen LogP contribution in [0.25, 0.3) is 0 Å². The van der Waals surface area contributed by atoms with Crippen LogP contribution in [0, 0.1) is 0 Å². The molecule has 0 saturated carbocycles. The molecule has 0 radical (unpaired) electrons. The number of aliphatic carboxylic acids is 1. The van der Waals surface area contributed by atoms with E-state index in [-0.39, 0.29) is 36.4 Å². The van der Waals surface area contributed by atoms with E-state index in [1.165, 1.54) is 16.0 Å². The lowest BCUT2D eigenvalue weighted by molar-refractivity contribution is -0.915. The van der Waals surface area contributed by atoms with Gasteiger partial charge in [0.05, 0.1) is 34.2 Å². The molecular formula is C15H22INO4. The lowest BCUT2D eigenvalue weighted by Crippen LogP contribution is -3.10. The minimum Gasteiger partial charge on any atom is -1.00 e. The number of fused-ring (bicyclic) bond motifs is 1. The first kappa shape index (κ1) is 18.0. The van der Waals surface area contributed by atoms with Gasteiger partial charge >= 0.3 is 5.97 Å². The number of hydrogen-bond acceptors (Lipinski definition) is 3. The second-order valence-corrected chi connectivity index (χ2v) is 5.24. The molecule has 1 aromatic rings. The number of hydrogen-bond donors (Lipinski definition) is 2. The molecule has 2 unspecified atom stereocenters. The van der Waals surface area contributed by atoms with Crippen LogP contribution in [0.5, 0.6) is 11.5 Å². The van der Waals surface area contributed by atoms with Crippen molar-refractivity contribution in [1.82, 2.24) is 0 Å². The first-order chi connectivity index (χ1) is 9.56. The molecule has 1 aliphatic rings. The van der Waals surface area contributed by atoms with E-state index in [4.69, 9.17) is 14.6 Å². The van der Waals surface area contributed by atoms with Gasteiger partial charge in [-0.2, -0.15) is 0 Å². The highest BCUT2D eigenvalue weighted by molar-refractivity contribution is 5.66. The van der Waals surface area contributed by atoms with Crippen molar-refractivity contribution in [2.75, 3.05) is 27.8 Å². The fourth-order valence-electron chi connectivity index (χ4n) is 2.92. The van der Waals surface area contributed by atoms with Crippen LogP contribution in [0.3, 0.4) is 0 Å². The number of carbonyl (C=O) groups is 1. The Bertz CT molecular complexity index is 507. The lowest BCUT2D eigenvalue weighted by Gasteiger charge is -2.32. The Morgan fingerprint density at radius 1 is 1.33 bits per heavy atom. The van der Waals surface area contributed by atoms with Crippen molar-refractivity contribution in [3.05, 3.63) is 23.3 Å². The molecule has 0 spiro atoms. The average Bonchev–Trinajstić information content (AvgIpc) is 2.44. The second-order valence-electron chi connectivity index (χ2n) is 5.24. The summed E-state index contributed by atoms with van der Waals surface area (Å²) >= 11 is 0. The van der Waals surface area contributed by atoms with E-state index in [9.17, 15) is 4.79 Å². The van der Waals surface area contributed by atoms with Gasteiger partial charge in [0.15, 0.2) is 11.5 Å². The number of benzene rings is 1. The maximum Gasteiger partial charge on any atom is 0.303 e. The maximum absolute atomic E-state index is 10.8. The second kappa shape index (κ2) is 7.84. The number of halogens is 1. The fraction of sp³-hybridized carbons (Fsp3) is 0.533. The van der Waals surface area contributed by atoms with Crippen molar-refractivity contribution >= 4 is 5.97 Å². The molecule has 0 saturated heterocycles. The average molecular weight is 407 g/mol. The molecule has 5 nitrogen and oxygen atoms in total. The summed E-state index contributed by atoms with van der Waals surface area (Å²) in [6.07, 6.45) is 1.81. The van der Waals surface area contributed by atoms with Gasteiger partial charge in [-0.3, -0.25) is 4.79 Å². The van der Waals surface area contributed by atoms with Crippen molar-refractivity contribution in [1.29, 1.82) is 0 Å². The predicted octanol–water partition coefficient (Wildman–Crippen LogP) is -2.32. The molecule has 1 aliphatic heterocycles. The van der Waals surface area contributed by atoms with Crippen LogP contribution in [0.4, 0.5) is 0 Å². The molecule has 0 fully saturated rings. The van der Waals surface area contributed by atoms with Gasteiger partial charge in [0.25, 0.3) is 0 Å². The summed E-state index contributed by atoms with van der Waals surface area (Å²) in [7, 11) is 5.37. The number of carboxylic acid groups (broad SMARTS) is 1. The van der Waals surface area contributed by atoms with Crippen LogP contribution < -0.4 is 38.4 Å². The molecule has 6 heteroatoms. The number of ether oxygens (including phenoxy) is 2. The highest BCUT2D eigenvalue weighted by Gasteiger charge is 2.30. The molecule has 1 heterocycles. The van der Waals surface area contributed by atoms with E-state index in [1.807, 2.05) is 12.1 Å². The number of quaternary nitrogens is 1. The van der Waals surface area contributed by atoms with Crippen LogP contribution in [-0.4, -0.2) is 38.9 Å². The normalized spacial score (nSPS) is 20.1. The Balaban J connectivity index is 0.00000220. The summed E-state index contributed by atoms with van der Waals surface area (Å²) in [5.41, 5.74) is 2.43. The van der Waals surface area contributed by atoms with Crippen LogP contribution in [-0.2, 0) is 11.2 Å². The number of nitrogens with one attached hydrogen (secondary N) is 1. The molecular weight excluding hydrogens is 385 g/mol. The molecule has 2 atom stereocenters. The summed E-state index contributed by atoms with van der Waals surface area (Å²) in [6.45, 7) is 1.01. The van der Waals surface area contributed by atoms with Gasteiger partial charge < -0.3 is 43.5 Å². The first-order valence-electron chi connectivity index (χ1n) is 6.85. The SMILES string of the molecule is COc1cc2c(cc1OC)C(CCC(=O)O)[NH+](C)CC2.[I-]. The van der Waals surface area contributed by atoms with Crippen molar-refractivity contribution < 1.29 is 48.3 Å². The zero-order valence-corrected chi connectivity index (χ0v) is 14.8. The van der Waals surface area contributed by atoms with E-state index < -0.39 is 5.97 Å². The monoisotopic (exact) mass is 407 g/mol. The van der Waals surface area contributed by atoms with Gasteiger partial charge in [-0.05, 0) is 17.7 Å². The Hall–Kier alpha value is -1.02. The highest BCUT2D eigenvalue weighted by Crippen LogP contribution is 2.35. The van der Waals surface area contributed by atoms with Gasteiger partial charge in [-0.1, -0.05) is 0 Å². The first-order valence-corrected chi connectivity index (χ1v) is 6.85. The third-order valence-electron chi connectivity index (χ3n) is 4.05. The van der Waals surface area contributed by atoms with E-state index in [2.05, 4.69) is 7.05 Å². The number of methoxy groups -OCH3 is 2. The minimum absolute atomic E-state index is 0. The summed E-state index contributed by atoms with van der Waals surface area (Å²) in [5.74, 6) is 0.703. The zero-order valence-electron chi connectivity index (χ0n) is 12.6. The Morgan fingerprint density at radius 2 is 1.95 bits per heavy atom. The van der Waals surface area contributed by atoms with Gasteiger partial charge in [0, 0.05) is 18.4 Å². The third kappa shape index (κ3) is 4.00. The smallest absolute Gasteiger partial charge is 0.303 e. The molecule has 2 N–H and O–H groups in total. The fourth-order valence-corrected chi connectivity index (χ4v) is 2.92. The van der Waals surface area contributed by atoms with Crippen molar-refractivity contribution in [3.8, 4) is 11.5 Å². The van der Waals surface area contributed by atoms with Gasteiger partial charge in [0.2, 0.25) is 0 Å². The molecule has 2 rings (SSSR count). The van der Waals surface area contributed by atoms with Gasteiger partial charge in [-0.15, -0.1) is 0 Å². The summed E-state index contributed by atoms with van der Waals surface area (Å²) in [5, 5.41) is 8.91. The summed E-state index contributed by atoms with van der Waals surface area (Å²) < 4.78 is 10.7. The van der Waals surface area contributed by atoms with Gasteiger partial charge in [-0.25, -0.2) is 0 Å². The zero-order chi connectivity index (χ0) is 14.7. The topological polar surface area (TPSA) is 60.2 Å². The third-order valence-corrected chi connectivity index (χ3v) is 4.05. The van der Waals surface area contributed by atoms with Crippen LogP contribution in [0.15, 0.2) is 12.1 Å². The summed E-state index contributed by atoms with van der Waals surface area (Å²) in [6, 6.07) is 4.23. The van der Waals surface area contributed by atoms with Gasteiger partial charge in [0.1, 0.15) is 6.04 Å². The molecule has 0 aliphatic carbocycles. The molecule has 0 amide bonds. The molecule has 1 aromatic carbocycles. The van der Waals surface area contributed by atoms with Crippen LogP contribution >= 0.6 is 0 Å². The quantitative estimate of drug-likeness (QED) is 0.539. The Kier molecular flexibility index (Phi) is 6.73. The lowest BCUT2D eigenvalue weighted by atomic mass is 9.89. The number of rotatable bonds is 5. The largest absolute Gasteiger partial charge is 1.00 e. The minimum atomic E-state index is -0.745. The van der Waals surface area contributed by atoms with Crippen molar-refractivity contribution in [3.63, 3.8) is 0 Å². The van der Waals surface area contributed by atoms with E-state index in [0.717, 1.165) is 18.7 Å². The molecule has 0 bridgehead atoms. The van der Waals surface area contributed by atoms with E-state index >= 15 is 0 Å².